The number of carbonyl (C=O) groups is 1. The fraction of sp³-hybridized carbons (Fsp3) is 0.206. The molecule has 0 fully saturated rings. The van der Waals surface area contributed by atoms with Crippen LogP contribution in [0.3, 0.4) is 0 Å². The minimum atomic E-state index is -0.695. The smallest absolute Gasteiger partial charge is 0.338 e. The molecule has 0 saturated carbocycles. The Hall–Kier alpha value is -4.11. The third kappa shape index (κ3) is 5.61. The number of allylic oxidation sites excluding steroid dienone is 1. The zero-order valence-electron chi connectivity index (χ0n) is 24.3. The van der Waals surface area contributed by atoms with E-state index >= 15 is 0 Å². The van der Waals surface area contributed by atoms with Crippen molar-refractivity contribution < 1.29 is 14.3 Å². The number of rotatable bonds is 8. The molecule has 3 aromatic carbocycles. The van der Waals surface area contributed by atoms with E-state index in [0.717, 1.165) is 27.6 Å². The molecule has 1 aliphatic rings. The van der Waals surface area contributed by atoms with E-state index < -0.39 is 12.0 Å². The number of fused-ring (bicyclic) bond motifs is 2. The van der Waals surface area contributed by atoms with Gasteiger partial charge in [0.05, 0.1) is 45.1 Å². The molecular weight excluding hydrogens is 617 g/mol. The molecule has 0 bridgehead atoms. The van der Waals surface area contributed by atoms with Crippen molar-refractivity contribution in [3.63, 3.8) is 0 Å². The van der Waals surface area contributed by atoms with E-state index in [2.05, 4.69) is 4.57 Å². The molecule has 0 amide bonds. The molecule has 0 unspecified atom stereocenters. The average molecular weight is 647 g/mol. The number of ether oxygens (including phenoxy) is 2. The largest absolute Gasteiger partial charge is 0.494 e. The van der Waals surface area contributed by atoms with Crippen LogP contribution in [0.4, 0.5) is 0 Å². The van der Waals surface area contributed by atoms with Gasteiger partial charge in [0.15, 0.2) is 4.80 Å². The predicted octanol–water partition coefficient (Wildman–Crippen LogP) is 6.51. The van der Waals surface area contributed by atoms with Gasteiger partial charge in [-0.15, -0.1) is 0 Å². The normalized spacial score (nSPS) is 14.9. The topological polar surface area (TPSA) is 74.8 Å². The van der Waals surface area contributed by atoms with Crippen molar-refractivity contribution in [2.75, 3.05) is 13.2 Å². The Morgan fingerprint density at radius 2 is 1.80 bits per heavy atom. The van der Waals surface area contributed by atoms with Gasteiger partial charge in [-0.2, -0.15) is 0 Å². The number of halogens is 2. The highest BCUT2D eigenvalue weighted by Crippen LogP contribution is 2.32. The van der Waals surface area contributed by atoms with Gasteiger partial charge in [0, 0.05) is 29.2 Å². The molecule has 6 rings (SSSR count). The van der Waals surface area contributed by atoms with Gasteiger partial charge in [-0.3, -0.25) is 9.36 Å². The zero-order valence-corrected chi connectivity index (χ0v) is 26.7. The first-order valence-corrected chi connectivity index (χ1v) is 15.8. The Balaban J connectivity index is 1.49. The third-order valence-corrected chi connectivity index (χ3v) is 9.19. The standard InChI is InChI=1S/C34H29Cl2N3O4S/c1-4-42-24-13-11-22(12-14-24)31-30(33(41)43-5-2)20(3)37-34-39(31)32(40)29(44-34)17-23-19-38(28-9-7-6-8-25(23)28)18-21-10-15-26(35)27(36)16-21/h6-17,19,31H,4-5,18H2,1-3H3/b29-17-/t31-/m1/s1. The predicted molar refractivity (Wildman–Crippen MR) is 176 cm³/mol. The highest BCUT2D eigenvalue weighted by molar-refractivity contribution is 7.07. The van der Waals surface area contributed by atoms with E-state index in [1.54, 1.807) is 24.5 Å². The van der Waals surface area contributed by atoms with Crippen molar-refractivity contribution in [2.24, 2.45) is 4.99 Å². The van der Waals surface area contributed by atoms with Gasteiger partial charge in [0.1, 0.15) is 5.75 Å². The fourth-order valence-corrected chi connectivity index (χ4v) is 6.88. The second kappa shape index (κ2) is 12.5. The molecular formula is C34H29Cl2N3O4S. The van der Waals surface area contributed by atoms with Crippen molar-refractivity contribution >= 4 is 57.5 Å². The molecule has 0 aliphatic carbocycles. The van der Waals surface area contributed by atoms with Gasteiger partial charge in [0.25, 0.3) is 5.56 Å². The summed E-state index contributed by atoms with van der Waals surface area (Å²) in [6.07, 6.45) is 3.93. The van der Waals surface area contributed by atoms with Crippen molar-refractivity contribution in [3.05, 3.63) is 131 Å². The van der Waals surface area contributed by atoms with E-state index in [4.69, 9.17) is 37.7 Å². The maximum atomic E-state index is 14.2. The van der Waals surface area contributed by atoms with Crippen molar-refractivity contribution in [1.82, 2.24) is 9.13 Å². The molecule has 224 valence electrons. The second-order valence-corrected chi connectivity index (χ2v) is 12.1. The summed E-state index contributed by atoms with van der Waals surface area (Å²) in [5.41, 5.74) is 4.31. The Morgan fingerprint density at radius 1 is 1.02 bits per heavy atom. The van der Waals surface area contributed by atoms with E-state index in [-0.39, 0.29) is 12.2 Å². The summed E-state index contributed by atoms with van der Waals surface area (Å²) in [6.45, 7) is 6.77. The summed E-state index contributed by atoms with van der Waals surface area (Å²) < 4.78 is 15.3. The quantitative estimate of drug-likeness (QED) is 0.180. The number of para-hydroxylation sites is 1. The van der Waals surface area contributed by atoms with Crippen molar-refractivity contribution in [3.8, 4) is 5.75 Å². The van der Waals surface area contributed by atoms with Crippen LogP contribution >= 0.6 is 34.5 Å². The maximum absolute atomic E-state index is 14.2. The summed E-state index contributed by atoms with van der Waals surface area (Å²) in [5, 5.41) is 2.01. The van der Waals surface area contributed by atoms with Crippen LogP contribution in [0.25, 0.3) is 17.0 Å². The van der Waals surface area contributed by atoms with Gasteiger partial charge >= 0.3 is 5.97 Å². The van der Waals surface area contributed by atoms with E-state index in [9.17, 15) is 9.59 Å². The fourth-order valence-electron chi connectivity index (χ4n) is 5.52. The third-order valence-electron chi connectivity index (χ3n) is 7.47. The lowest BCUT2D eigenvalue weighted by atomic mass is 9.96. The molecule has 1 atom stereocenters. The van der Waals surface area contributed by atoms with Crippen LogP contribution in [-0.4, -0.2) is 28.3 Å². The number of aromatic nitrogens is 2. The molecule has 0 N–H and O–H groups in total. The molecule has 3 heterocycles. The number of benzene rings is 3. The van der Waals surface area contributed by atoms with E-state index in [0.29, 0.717) is 49.6 Å². The molecule has 44 heavy (non-hydrogen) atoms. The van der Waals surface area contributed by atoms with E-state index in [1.807, 2.05) is 79.9 Å². The summed E-state index contributed by atoms with van der Waals surface area (Å²) in [4.78, 5) is 32.6. The highest BCUT2D eigenvalue weighted by atomic mass is 35.5. The van der Waals surface area contributed by atoms with Gasteiger partial charge in [-0.1, -0.05) is 70.9 Å². The molecule has 5 aromatic rings. The number of esters is 1. The lowest BCUT2D eigenvalue weighted by Gasteiger charge is -2.24. The van der Waals surface area contributed by atoms with Crippen molar-refractivity contribution in [1.29, 1.82) is 0 Å². The van der Waals surface area contributed by atoms with Gasteiger partial charge in [0.2, 0.25) is 0 Å². The second-order valence-electron chi connectivity index (χ2n) is 10.3. The van der Waals surface area contributed by atoms with Gasteiger partial charge in [-0.05, 0) is 68.3 Å². The van der Waals surface area contributed by atoms with Crippen LogP contribution < -0.4 is 19.6 Å². The highest BCUT2D eigenvalue weighted by Gasteiger charge is 2.33. The Bertz CT molecular complexity index is 2110. The maximum Gasteiger partial charge on any atom is 0.338 e. The van der Waals surface area contributed by atoms with Crippen LogP contribution in [0.2, 0.25) is 10.0 Å². The SMILES string of the molecule is CCOC(=O)C1=C(C)N=c2s/c(=C\c3cn(Cc4ccc(Cl)c(Cl)c4)c4ccccc34)c(=O)n2[C@@H]1c1ccc(OCC)cc1. The first-order chi connectivity index (χ1) is 21.3. The van der Waals surface area contributed by atoms with Crippen molar-refractivity contribution in [2.45, 2.75) is 33.4 Å². The van der Waals surface area contributed by atoms with Crippen LogP contribution in [-0.2, 0) is 16.1 Å². The summed E-state index contributed by atoms with van der Waals surface area (Å²) >= 11 is 13.7. The lowest BCUT2D eigenvalue weighted by Crippen LogP contribution is -2.39. The molecule has 1 aliphatic heterocycles. The number of nitrogens with zero attached hydrogens (tertiary/aromatic N) is 3. The number of thiazole rings is 1. The van der Waals surface area contributed by atoms with Crippen LogP contribution in [0.1, 0.15) is 43.5 Å². The minimum Gasteiger partial charge on any atom is -0.494 e. The first-order valence-electron chi connectivity index (χ1n) is 14.2. The van der Waals surface area contributed by atoms with Crippen LogP contribution in [0.15, 0.2) is 94.0 Å². The molecule has 0 radical (unpaired) electrons. The molecule has 0 saturated heterocycles. The van der Waals surface area contributed by atoms with Crippen LogP contribution in [0.5, 0.6) is 5.75 Å². The Labute approximate surface area is 267 Å². The molecule has 2 aromatic heterocycles. The van der Waals surface area contributed by atoms with Gasteiger partial charge in [-0.25, -0.2) is 9.79 Å². The number of carbonyl (C=O) groups excluding carboxylic acids is 1. The summed E-state index contributed by atoms with van der Waals surface area (Å²) in [5.74, 6) is 0.214. The molecule has 0 spiro atoms. The minimum absolute atomic E-state index is 0.211. The Kier molecular flexibility index (Phi) is 8.49. The summed E-state index contributed by atoms with van der Waals surface area (Å²) in [7, 11) is 0. The molecule has 10 heteroatoms. The zero-order chi connectivity index (χ0) is 31.0. The monoisotopic (exact) mass is 645 g/mol. The average Bonchev–Trinajstić information content (AvgIpc) is 3.51. The summed E-state index contributed by atoms with van der Waals surface area (Å²) in [6, 6.07) is 20.4. The first kappa shape index (κ1) is 29.9. The number of hydrogen-bond donors (Lipinski definition) is 0. The Morgan fingerprint density at radius 3 is 2.52 bits per heavy atom. The van der Waals surface area contributed by atoms with Gasteiger partial charge < -0.3 is 14.0 Å². The lowest BCUT2D eigenvalue weighted by molar-refractivity contribution is -0.139. The number of hydrogen-bond acceptors (Lipinski definition) is 6. The van der Waals surface area contributed by atoms with Crippen LogP contribution in [0, 0.1) is 0 Å². The van der Waals surface area contributed by atoms with E-state index in [1.165, 1.54) is 11.3 Å². The molecule has 7 nitrogen and oxygen atoms in total.